The molecule has 11 heteroatoms. The van der Waals surface area contributed by atoms with Crippen LogP contribution in [0.25, 0.3) is 11.3 Å². The monoisotopic (exact) mass is 414 g/mol. The smallest absolute Gasteiger partial charge is 0.333 e. The Kier molecular flexibility index (Phi) is 5.25. The van der Waals surface area contributed by atoms with Gasteiger partial charge in [-0.2, -0.15) is 13.9 Å². The summed E-state index contributed by atoms with van der Waals surface area (Å²) in [7, 11) is 0. The number of fused-ring (bicyclic) bond motifs is 4. The van der Waals surface area contributed by atoms with Crippen LogP contribution in [0.1, 0.15) is 19.9 Å². The van der Waals surface area contributed by atoms with Crippen molar-refractivity contribution in [2.24, 2.45) is 9.98 Å². The molecule has 0 radical (unpaired) electrons. The number of nitrogens with zero attached hydrogens (tertiary/aromatic N) is 7. The molecule has 0 aromatic carbocycles. The summed E-state index contributed by atoms with van der Waals surface area (Å²) in [6.45, 7) is 3.88. The van der Waals surface area contributed by atoms with E-state index in [1.165, 1.54) is 24.8 Å². The van der Waals surface area contributed by atoms with Crippen LogP contribution in [0, 0.1) is 0 Å². The maximum absolute atomic E-state index is 13.1. The van der Waals surface area contributed by atoms with E-state index in [2.05, 4.69) is 37.0 Å². The van der Waals surface area contributed by atoms with Gasteiger partial charge in [0.1, 0.15) is 0 Å². The van der Waals surface area contributed by atoms with Gasteiger partial charge in [-0.05, 0) is 32.2 Å². The summed E-state index contributed by atoms with van der Waals surface area (Å²) in [4.78, 5) is 29.2. The van der Waals surface area contributed by atoms with E-state index < -0.39 is 12.6 Å². The van der Waals surface area contributed by atoms with Crippen LogP contribution >= 0.6 is 0 Å². The molecule has 2 aromatic heterocycles. The number of urea groups is 1. The van der Waals surface area contributed by atoms with Gasteiger partial charge in [0.25, 0.3) is 0 Å². The third kappa shape index (κ3) is 3.53. The average molecular weight is 414 g/mol. The first-order valence-corrected chi connectivity index (χ1v) is 9.35. The van der Waals surface area contributed by atoms with E-state index in [0.29, 0.717) is 28.3 Å². The van der Waals surface area contributed by atoms with Gasteiger partial charge in [0.2, 0.25) is 0 Å². The summed E-state index contributed by atoms with van der Waals surface area (Å²) in [6, 6.07) is 3.14. The van der Waals surface area contributed by atoms with Gasteiger partial charge in [0.15, 0.2) is 11.6 Å². The minimum atomic E-state index is -2.73. The average Bonchev–Trinajstić information content (AvgIpc) is 3.37. The molecule has 0 spiro atoms. The molecular formula is C19H20F2N8O. The second-order valence-corrected chi connectivity index (χ2v) is 6.80. The van der Waals surface area contributed by atoms with E-state index in [-0.39, 0.29) is 11.9 Å². The number of halogens is 2. The van der Waals surface area contributed by atoms with Crippen molar-refractivity contribution in [3.8, 4) is 11.3 Å². The fraction of sp³-hybridized carbons (Fsp3) is 0.316. The molecule has 1 N–H and O–H groups in total. The first kappa shape index (κ1) is 19.7. The van der Waals surface area contributed by atoms with Gasteiger partial charge in [0, 0.05) is 31.1 Å². The Hall–Kier alpha value is -3.63. The molecular weight excluding hydrogens is 394 g/mol. The van der Waals surface area contributed by atoms with Crippen LogP contribution in [0.3, 0.4) is 0 Å². The van der Waals surface area contributed by atoms with Gasteiger partial charge in [-0.1, -0.05) is 0 Å². The normalized spacial score (nSPS) is 18.3. The summed E-state index contributed by atoms with van der Waals surface area (Å²) in [5.74, 6) is 0.726. The van der Waals surface area contributed by atoms with Gasteiger partial charge in [-0.25, -0.2) is 19.5 Å². The lowest BCUT2D eigenvalue weighted by Crippen LogP contribution is -2.50. The molecule has 2 aromatic rings. The zero-order valence-corrected chi connectivity index (χ0v) is 16.2. The van der Waals surface area contributed by atoms with Gasteiger partial charge < -0.3 is 4.90 Å². The molecule has 1 fully saturated rings. The standard InChI is InChI=1S/C19H20F2N8O/c1-3-23-16(9-22-2)26-19(30)29-13-6-7-27(11-13)15-5-4-14(25-17(15)29)12-8-24-28(10-12)18(20)21/h3-5,8-10,13,18H,2,6-7,11H2,1H3,(H,26,30)/b16-9+,23-3?/t13-/m0/s1. The largest absolute Gasteiger partial charge is 0.366 e. The molecule has 9 nitrogen and oxygen atoms in total. The topological polar surface area (TPSA) is 91.0 Å². The summed E-state index contributed by atoms with van der Waals surface area (Å²) >= 11 is 0. The van der Waals surface area contributed by atoms with E-state index in [4.69, 9.17) is 0 Å². The molecule has 1 saturated heterocycles. The van der Waals surface area contributed by atoms with Crippen LogP contribution in [0.15, 0.2) is 46.5 Å². The molecule has 0 saturated carbocycles. The fourth-order valence-electron chi connectivity index (χ4n) is 3.70. The van der Waals surface area contributed by atoms with Gasteiger partial charge in [-0.3, -0.25) is 15.2 Å². The number of hydrogen-bond donors (Lipinski definition) is 1. The van der Waals surface area contributed by atoms with Crippen molar-refractivity contribution in [3.63, 3.8) is 0 Å². The van der Waals surface area contributed by atoms with Crippen molar-refractivity contribution < 1.29 is 13.6 Å². The maximum Gasteiger partial charge on any atom is 0.333 e. The zero-order valence-electron chi connectivity index (χ0n) is 16.2. The van der Waals surface area contributed by atoms with Crippen molar-refractivity contribution in [1.82, 2.24) is 20.1 Å². The van der Waals surface area contributed by atoms with Crippen LogP contribution in [-0.4, -0.2) is 52.9 Å². The highest BCUT2D eigenvalue weighted by atomic mass is 19.3. The Morgan fingerprint density at radius 2 is 2.27 bits per heavy atom. The van der Waals surface area contributed by atoms with Crippen LogP contribution in [0.2, 0.25) is 0 Å². The van der Waals surface area contributed by atoms with Crippen LogP contribution < -0.4 is 15.1 Å². The molecule has 4 heterocycles. The number of carbonyl (C=O) groups is 1. The molecule has 4 rings (SSSR count). The third-order valence-electron chi connectivity index (χ3n) is 4.98. The second-order valence-electron chi connectivity index (χ2n) is 6.80. The van der Waals surface area contributed by atoms with Crippen molar-refractivity contribution in [2.45, 2.75) is 25.9 Å². The summed E-state index contributed by atoms with van der Waals surface area (Å²) in [5, 5.41) is 6.40. The van der Waals surface area contributed by atoms with Crippen LogP contribution in [0.5, 0.6) is 0 Å². The molecule has 2 amide bonds. The number of carbonyl (C=O) groups excluding carboxylic acids is 1. The number of hydrogen-bond acceptors (Lipinski definition) is 6. The summed E-state index contributed by atoms with van der Waals surface area (Å²) < 4.78 is 26.3. The van der Waals surface area contributed by atoms with Gasteiger partial charge in [-0.15, -0.1) is 0 Å². The zero-order chi connectivity index (χ0) is 21.3. The molecule has 156 valence electrons. The number of pyridine rings is 1. The van der Waals surface area contributed by atoms with E-state index >= 15 is 0 Å². The highest BCUT2D eigenvalue weighted by Gasteiger charge is 2.40. The third-order valence-corrected chi connectivity index (χ3v) is 4.98. The van der Waals surface area contributed by atoms with E-state index in [1.807, 2.05) is 6.07 Å². The highest BCUT2D eigenvalue weighted by Crippen LogP contribution is 2.40. The van der Waals surface area contributed by atoms with E-state index in [1.54, 1.807) is 17.9 Å². The molecule has 0 aliphatic carbocycles. The van der Waals surface area contributed by atoms with E-state index in [9.17, 15) is 13.6 Å². The lowest BCUT2D eigenvalue weighted by molar-refractivity contribution is 0.0566. The predicted molar refractivity (Wildman–Crippen MR) is 110 cm³/mol. The second kappa shape index (κ2) is 8.01. The first-order chi connectivity index (χ1) is 14.5. The van der Waals surface area contributed by atoms with Crippen molar-refractivity contribution in [1.29, 1.82) is 0 Å². The minimum absolute atomic E-state index is 0.0624. The number of nitrogens with one attached hydrogen (secondary N) is 1. The molecule has 2 aliphatic rings. The SMILES string of the molecule is C=N/C=C(\N=CC)NC(=O)N1c2nc(-c3cnn(C(F)F)c3)ccc2N2CC[C@H]1C2. The molecule has 30 heavy (non-hydrogen) atoms. The molecule has 0 unspecified atom stereocenters. The lowest BCUT2D eigenvalue weighted by Gasteiger charge is -2.35. The molecule has 2 bridgehead atoms. The number of alkyl halides is 2. The first-order valence-electron chi connectivity index (χ1n) is 9.35. The minimum Gasteiger partial charge on any atom is -0.366 e. The quantitative estimate of drug-likeness (QED) is 0.762. The van der Waals surface area contributed by atoms with Crippen molar-refractivity contribution >= 4 is 30.5 Å². The Morgan fingerprint density at radius 1 is 1.43 bits per heavy atom. The van der Waals surface area contributed by atoms with Crippen LogP contribution in [-0.2, 0) is 0 Å². The Morgan fingerprint density at radius 3 is 2.97 bits per heavy atom. The predicted octanol–water partition coefficient (Wildman–Crippen LogP) is 3.04. The van der Waals surface area contributed by atoms with Gasteiger partial charge >= 0.3 is 12.6 Å². The number of rotatable bonds is 5. The molecule has 1 atom stereocenters. The van der Waals surface area contributed by atoms with Gasteiger partial charge in [0.05, 0.1) is 29.8 Å². The van der Waals surface area contributed by atoms with Crippen molar-refractivity contribution in [3.05, 3.63) is 36.5 Å². The van der Waals surface area contributed by atoms with Crippen molar-refractivity contribution in [2.75, 3.05) is 22.9 Å². The highest BCUT2D eigenvalue weighted by molar-refractivity contribution is 5.98. The number of aromatic nitrogens is 3. The summed E-state index contributed by atoms with van der Waals surface area (Å²) in [6.07, 6.45) is 6.24. The lowest BCUT2D eigenvalue weighted by atomic mass is 10.1. The Bertz CT molecular complexity index is 1030. The number of anilines is 2. The molecule has 2 aliphatic heterocycles. The number of aliphatic imine (C=N–C) groups is 2. The Balaban J connectivity index is 1.70. The Labute approximate surface area is 171 Å². The number of amides is 2. The fourth-order valence-corrected chi connectivity index (χ4v) is 3.70. The van der Waals surface area contributed by atoms with Crippen LogP contribution in [0.4, 0.5) is 25.1 Å². The summed E-state index contributed by atoms with van der Waals surface area (Å²) in [5.41, 5.74) is 1.71. The maximum atomic E-state index is 13.1. The van der Waals surface area contributed by atoms with E-state index in [0.717, 1.165) is 18.7 Å².